The zero-order valence-corrected chi connectivity index (χ0v) is 16.2. The van der Waals surface area contributed by atoms with E-state index in [2.05, 4.69) is 15.6 Å². The number of hydrogen-bond acceptors (Lipinski definition) is 6. The van der Waals surface area contributed by atoms with Crippen molar-refractivity contribution in [1.82, 2.24) is 19.9 Å². The minimum atomic E-state index is -3.63. The minimum Gasteiger partial charge on any atom is -0.361 e. The SMILES string of the molecule is CC(C)S(=O)(=O)N1C[C@H](C(=O)NCc2cccnc2)[C@@]2(C1)OCCNC2=O. The standard InChI is InChI=1S/C17H24N4O5S/c1-12(2)27(24,25)21-10-14(17(11-21)16(23)19-6-7-26-17)15(22)20-9-13-4-3-5-18-8-13/h3-5,8,12,14H,6-7,9-11H2,1-2H3,(H,19,23)(H,20,22)/t14-,17-/m1/s1. The van der Waals surface area contributed by atoms with Gasteiger partial charge in [-0.25, -0.2) is 8.42 Å². The predicted octanol–water partition coefficient (Wildman–Crippen LogP) is -0.747. The molecule has 2 aliphatic heterocycles. The zero-order chi connectivity index (χ0) is 19.7. The molecule has 0 bridgehead atoms. The van der Waals surface area contributed by atoms with Gasteiger partial charge in [0.1, 0.15) is 0 Å². The second-order valence-corrected chi connectivity index (χ2v) is 9.50. The largest absolute Gasteiger partial charge is 0.361 e. The number of amides is 2. The van der Waals surface area contributed by atoms with Crippen LogP contribution in [0, 0.1) is 5.92 Å². The van der Waals surface area contributed by atoms with Crippen LogP contribution in [0.1, 0.15) is 19.4 Å². The van der Waals surface area contributed by atoms with Gasteiger partial charge in [0, 0.05) is 32.0 Å². The number of carbonyl (C=O) groups is 2. The molecule has 148 valence electrons. The lowest BCUT2D eigenvalue weighted by molar-refractivity contribution is -0.163. The van der Waals surface area contributed by atoms with E-state index >= 15 is 0 Å². The Morgan fingerprint density at radius 3 is 2.93 bits per heavy atom. The summed E-state index contributed by atoms with van der Waals surface area (Å²) in [7, 11) is -3.63. The third-order valence-electron chi connectivity index (χ3n) is 4.95. The Morgan fingerprint density at radius 2 is 2.30 bits per heavy atom. The first kappa shape index (κ1) is 19.7. The highest BCUT2D eigenvalue weighted by Gasteiger charge is 2.59. The number of ether oxygens (including phenoxy) is 1. The number of nitrogens with one attached hydrogen (secondary N) is 2. The van der Waals surface area contributed by atoms with Gasteiger partial charge in [-0.2, -0.15) is 4.31 Å². The molecule has 0 saturated carbocycles. The second-order valence-electron chi connectivity index (χ2n) is 7.01. The van der Waals surface area contributed by atoms with Gasteiger partial charge in [-0.3, -0.25) is 14.6 Å². The first-order valence-electron chi connectivity index (χ1n) is 8.85. The zero-order valence-electron chi connectivity index (χ0n) is 15.3. The fourth-order valence-electron chi connectivity index (χ4n) is 3.38. The molecule has 10 heteroatoms. The molecule has 2 N–H and O–H groups in total. The summed E-state index contributed by atoms with van der Waals surface area (Å²) < 4.78 is 32.2. The van der Waals surface area contributed by atoms with Crippen molar-refractivity contribution in [1.29, 1.82) is 0 Å². The smallest absolute Gasteiger partial charge is 0.254 e. The Hall–Kier alpha value is -2.04. The lowest BCUT2D eigenvalue weighted by Gasteiger charge is -2.36. The van der Waals surface area contributed by atoms with E-state index in [0.717, 1.165) is 5.56 Å². The molecular formula is C17H24N4O5S. The Balaban J connectivity index is 1.83. The van der Waals surface area contributed by atoms with Crippen LogP contribution < -0.4 is 10.6 Å². The van der Waals surface area contributed by atoms with E-state index in [1.54, 1.807) is 32.3 Å². The van der Waals surface area contributed by atoms with Crippen LogP contribution in [0.25, 0.3) is 0 Å². The number of morpholine rings is 1. The number of carbonyl (C=O) groups excluding carboxylic acids is 2. The quantitative estimate of drug-likeness (QED) is 0.676. The molecule has 0 radical (unpaired) electrons. The number of hydrogen-bond donors (Lipinski definition) is 2. The number of rotatable bonds is 5. The van der Waals surface area contributed by atoms with Crippen molar-refractivity contribution < 1.29 is 22.7 Å². The molecule has 1 aromatic heterocycles. The Kier molecular flexibility index (Phi) is 5.50. The summed E-state index contributed by atoms with van der Waals surface area (Å²) in [5.41, 5.74) is -0.697. The van der Waals surface area contributed by atoms with Crippen molar-refractivity contribution >= 4 is 21.8 Å². The van der Waals surface area contributed by atoms with Crippen molar-refractivity contribution in [2.45, 2.75) is 31.2 Å². The maximum absolute atomic E-state index is 12.9. The first-order valence-corrected chi connectivity index (χ1v) is 10.4. The van der Waals surface area contributed by atoms with Crippen molar-refractivity contribution in [3.8, 4) is 0 Å². The van der Waals surface area contributed by atoms with Gasteiger partial charge >= 0.3 is 0 Å². The number of pyridine rings is 1. The summed E-state index contributed by atoms with van der Waals surface area (Å²) in [6, 6.07) is 3.57. The van der Waals surface area contributed by atoms with E-state index in [1.807, 2.05) is 6.07 Å². The summed E-state index contributed by atoms with van der Waals surface area (Å²) >= 11 is 0. The minimum absolute atomic E-state index is 0.0905. The average molecular weight is 396 g/mol. The average Bonchev–Trinajstić information content (AvgIpc) is 3.04. The van der Waals surface area contributed by atoms with E-state index < -0.39 is 38.6 Å². The molecule has 0 aromatic carbocycles. The van der Waals surface area contributed by atoms with Gasteiger partial charge in [-0.1, -0.05) is 6.07 Å². The van der Waals surface area contributed by atoms with Crippen LogP contribution in [0.15, 0.2) is 24.5 Å². The molecule has 2 amide bonds. The molecule has 9 nitrogen and oxygen atoms in total. The molecule has 27 heavy (non-hydrogen) atoms. The fourth-order valence-corrected chi connectivity index (χ4v) is 4.70. The van der Waals surface area contributed by atoms with Gasteiger partial charge in [0.15, 0.2) is 5.60 Å². The summed E-state index contributed by atoms with van der Waals surface area (Å²) in [5, 5.41) is 4.82. The molecular weight excluding hydrogens is 372 g/mol. The van der Waals surface area contributed by atoms with Crippen molar-refractivity contribution in [2.24, 2.45) is 5.92 Å². The van der Waals surface area contributed by atoms with Gasteiger partial charge < -0.3 is 15.4 Å². The molecule has 2 saturated heterocycles. The Bertz CT molecular complexity index is 814. The maximum Gasteiger partial charge on any atom is 0.254 e. The second kappa shape index (κ2) is 7.53. The van der Waals surface area contributed by atoms with E-state index in [-0.39, 0.29) is 26.2 Å². The molecule has 2 atom stereocenters. The van der Waals surface area contributed by atoms with E-state index in [4.69, 9.17) is 4.74 Å². The molecule has 0 aliphatic carbocycles. The maximum atomic E-state index is 12.9. The highest BCUT2D eigenvalue weighted by atomic mass is 32.2. The molecule has 1 spiro atoms. The molecule has 1 aromatic rings. The van der Waals surface area contributed by atoms with Crippen LogP contribution in [0.4, 0.5) is 0 Å². The van der Waals surface area contributed by atoms with Gasteiger partial charge in [0.25, 0.3) is 5.91 Å². The van der Waals surface area contributed by atoms with E-state index in [1.165, 1.54) is 4.31 Å². The third-order valence-corrected chi connectivity index (χ3v) is 7.14. The topological polar surface area (TPSA) is 118 Å². The molecule has 2 fully saturated rings. The fraction of sp³-hybridized carbons (Fsp3) is 0.588. The van der Waals surface area contributed by atoms with E-state index in [9.17, 15) is 18.0 Å². The van der Waals surface area contributed by atoms with E-state index in [0.29, 0.717) is 6.54 Å². The summed E-state index contributed by atoms with van der Waals surface area (Å²) in [5.74, 6) is -1.79. The highest BCUT2D eigenvalue weighted by Crippen LogP contribution is 2.35. The lowest BCUT2D eigenvalue weighted by Crippen LogP contribution is -2.62. The van der Waals surface area contributed by atoms with Crippen LogP contribution in [0.5, 0.6) is 0 Å². The summed E-state index contributed by atoms with van der Waals surface area (Å²) in [6.45, 7) is 3.68. The first-order chi connectivity index (χ1) is 12.8. The monoisotopic (exact) mass is 396 g/mol. The number of aromatic nitrogens is 1. The highest BCUT2D eigenvalue weighted by molar-refractivity contribution is 7.89. The molecule has 0 unspecified atom stereocenters. The Morgan fingerprint density at radius 1 is 1.52 bits per heavy atom. The predicted molar refractivity (Wildman–Crippen MR) is 96.9 cm³/mol. The summed E-state index contributed by atoms with van der Waals surface area (Å²) in [4.78, 5) is 29.5. The van der Waals surface area contributed by atoms with Gasteiger partial charge in [-0.05, 0) is 25.5 Å². The van der Waals surface area contributed by atoms with Crippen LogP contribution in [0.3, 0.4) is 0 Å². The van der Waals surface area contributed by atoms with Crippen LogP contribution in [-0.2, 0) is 30.9 Å². The van der Waals surface area contributed by atoms with Gasteiger partial charge in [-0.15, -0.1) is 0 Å². The van der Waals surface area contributed by atoms with Gasteiger partial charge in [0.05, 0.1) is 24.3 Å². The van der Waals surface area contributed by atoms with Crippen LogP contribution in [0.2, 0.25) is 0 Å². The molecule has 2 aliphatic rings. The molecule has 3 rings (SSSR count). The van der Waals surface area contributed by atoms with Gasteiger partial charge in [0.2, 0.25) is 15.9 Å². The van der Waals surface area contributed by atoms with Crippen molar-refractivity contribution in [2.75, 3.05) is 26.2 Å². The lowest BCUT2D eigenvalue weighted by atomic mass is 9.87. The third kappa shape index (κ3) is 3.69. The number of nitrogens with zero attached hydrogens (tertiary/aromatic N) is 2. The van der Waals surface area contributed by atoms with Crippen LogP contribution >= 0.6 is 0 Å². The number of sulfonamides is 1. The van der Waals surface area contributed by atoms with Crippen molar-refractivity contribution in [3.63, 3.8) is 0 Å². The molecule has 3 heterocycles. The van der Waals surface area contributed by atoms with Crippen molar-refractivity contribution in [3.05, 3.63) is 30.1 Å². The Labute approximate surface area is 158 Å². The van der Waals surface area contributed by atoms with Crippen LogP contribution in [-0.4, -0.2) is 66.6 Å². The normalized spacial score (nSPS) is 26.3. The summed E-state index contributed by atoms with van der Waals surface area (Å²) in [6.07, 6.45) is 3.26.